The number of anilines is 1. The summed E-state index contributed by atoms with van der Waals surface area (Å²) in [5.74, 6) is 0.539. The van der Waals surface area contributed by atoms with Crippen LogP contribution in [0.3, 0.4) is 0 Å². The molecule has 2 aliphatic heterocycles. The molecule has 0 amide bonds. The summed E-state index contributed by atoms with van der Waals surface area (Å²) >= 11 is 0. The van der Waals surface area contributed by atoms with Gasteiger partial charge in [-0.25, -0.2) is 8.42 Å². The molecule has 8 heteroatoms. The van der Waals surface area contributed by atoms with E-state index >= 15 is 0 Å². The highest BCUT2D eigenvalue weighted by molar-refractivity contribution is 7.89. The van der Waals surface area contributed by atoms with Crippen LogP contribution in [0.15, 0.2) is 47.4 Å². The fraction of sp³-hybridized carbons (Fsp3) is 0.333. The summed E-state index contributed by atoms with van der Waals surface area (Å²) in [5, 5.41) is 6.74. The van der Waals surface area contributed by atoms with Gasteiger partial charge < -0.3 is 15.4 Å². The van der Waals surface area contributed by atoms with Crippen LogP contribution < -0.4 is 15.4 Å². The van der Waals surface area contributed by atoms with Crippen LogP contribution in [0, 0.1) is 0 Å². The summed E-state index contributed by atoms with van der Waals surface area (Å²) in [6, 6.07) is 13.0. The average Bonchev–Trinajstić information content (AvgIpc) is 3.04. The first-order chi connectivity index (χ1) is 12.1. The smallest absolute Gasteiger partial charge is 0.243 e. The standard InChI is InChI=1S/C18H21N3O3S.ClH/c1-24-15-5-3-6-16(8-15)25(22,23)21-11-13-4-2-7-18(17(13)12-21)20-14-9-19-10-14;/h2-8,14,19-20H,9-12H2,1H3;1H. The first kappa shape index (κ1) is 19.0. The van der Waals surface area contributed by atoms with Crippen molar-refractivity contribution in [3.05, 3.63) is 53.6 Å². The Morgan fingerprint density at radius 2 is 1.92 bits per heavy atom. The topological polar surface area (TPSA) is 70.7 Å². The number of nitrogens with one attached hydrogen (secondary N) is 2. The van der Waals surface area contributed by atoms with Gasteiger partial charge in [0.1, 0.15) is 5.75 Å². The summed E-state index contributed by atoms with van der Waals surface area (Å²) in [5.41, 5.74) is 3.16. The quantitative estimate of drug-likeness (QED) is 0.812. The Kier molecular flexibility index (Phi) is 5.43. The van der Waals surface area contributed by atoms with E-state index in [1.165, 1.54) is 11.4 Å². The molecule has 0 radical (unpaired) electrons. The van der Waals surface area contributed by atoms with E-state index in [2.05, 4.69) is 10.6 Å². The highest BCUT2D eigenvalue weighted by Crippen LogP contribution is 2.34. The highest BCUT2D eigenvalue weighted by atomic mass is 35.5. The zero-order valence-electron chi connectivity index (χ0n) is 14.4. The number of hydrogen-bond acceptors (Lipinski definition) is 5. The maximum absolute atomic E-state index is 13.0. The van der Waals surface area contributed by atoms with Crippen molar-refractivity contribution >= 4 is 28.1 Å². The zero-order chi connectivity index (χ0) is 17.4. The molecule has 0 bridgehead atoms. The molecule has 1 fully saturated rings. The Labute approximate surface area is 160 Å². The van der Waals surface area contributed by atoms with Crippen LogP contribution in [0.5, 0.6) is 5.75 Å². The zero-order valence-corrected chi connectivity index (χ0v) is 16.1. The van der Waals surface area contributed by atoms with Crippen molar-refractivity contribution in [2.24, 2.45) is 0 Å². The molecule has 0 atom stereocenters. The van der Waals surface area contributed by atoms with Crippen LogP contribution in [0.4, 0.5) is 5.69 Å². The van der Waals surface area contributed by atoms with E-state index in [0.717, 1.165) is 29.9 Å². The van der Waals surface area contributed by atoms with Crippen molar-refractivity contribution in [2.75, 3.05) is 25.5 Å². The first-order valence-electron chi connectivity index (χ1n) is 8.30. The van der Waals surface area contributed by atoms with Crippen molar-refractivity contribution in [1.82, 2.24) is 9.62 Å². The maximum atomic E-state index is 13.0. The Balaban J connectivity index is 0.00000196. The van der Waals surface area contributed by atoms with Gasteiger partial charge in [-0.2, -0.15) is 4.31 Å². The SMILES string of the molecule is COc1cccc(S(=O)(=O)N2Cc3cccc(NC4CNC4)c3C2)c1.Cl. The number of ether oxygens (including phenoxy) is 1. The fourth-order valence-electron chi connectivity index (χ4n) is 3.22. The minimum Gasteiger partial charge on any atom is -0.497 e. The summed E-state index contributed by atoms with van der Waals surface area (Å²) in [6.07, 6.45) is 0. The van der Waals surface area contributed by atoms with Gasteiger partial charge in [-0.05, 0) is 29.3 Å². The molecule has 1 saturated heterocycles. The van der Waals surface area contributed by atoms with Gasteiger partial charge in [0.15, 0.2) is 0 Å². The molecule has 0 unspecified atom stereocenters. The normalized spacial score (nSPS) is 17.1. The second-order valence-electron chi connectivity index (χ2n) is 6.39. The van der Waals surface area contributed by atoms with E-state index in [-0.39, 0.29) is 17.3 Å². The van der Waals surface area contributed by atoms with Gasteiger partial charge in [0, 0.05) is 37.9 Å². The molecule has 2 heterocycles. The second-order valence-corrected chi connectivity index (χ2v) is 8.33. The minimum absolute atomic E-state index is 0. The van der Waals surface area contributed by atoms with Crippen molar-refractivity contribution in [3.63, 3.8) is 0 Å². The van der Waals surface area contributed by atoms with Crippen molar-refractivity contribution in [2.45, 2.75) is 24.0 Å². The lowest BCUT2D eigenvalue weighted by molar-refractivity contribution is 0.411. The monoisotopic (exact) mass is 395 g/mol. The van der Waals surface area contributed by atoms with Gasteiger partial charge in [0.2, 0.25) is 10.0 Å². The molecule has 140 valence electrons. The Bertz CT molecular complexity index is 900. The summed E-state index contributed by atoms with van der Waals surface area (Å²) in [7, 11) is -2.03. The molecule has 2 aromatic rings. The summed E-state index contributed by atoms with van der Waals surface area (Å²) in [6.45, 7) is 2.66. The number of sulfonamides is 1. The lowest BCUT2D eigenvalue weighted by Gasteiger charge is -2.29. The molecule has 2 N–H and O–H groups in total. The van der Waals surface area contributed by atoms with Gasteiger partial charge in [-0.15, -0.1) is 12.4 Å². The van der Waals surface area contributed by atoms with E-state index in [0.29, 0.717) is 24.9 Å². The van der Waals surface area contributed by atoms with E-state index in [1.807, 2.05) is 18.2 Å². The Morgan fingerprint density at radius 3 is 2.62 bits per heavy atom. The lowest BCUT2D eigenvalue weighted by atomic mass is 10.1. The Hall–Kier alpha value is -1.80. The second kappa shape index (κ2) is 7.44. The van der Waals surface area contributed by atoms with E-state index in [4.69, 9.17) is 4.74 Å². The number of benzene rings is 2. The molecule has 0 aromatic heterocycles. The van der Waals surface area contributed by atoms with Crippen LogP contribution in [0.1, 0.15) is 11.1 Å². The molecular formula is C18H22ClN3O3S. The van der Waals surface area contributed by atoms with Crippen LogP contribution in [-0.2, 0) is 23.1 Å². The maximum Gasteiger partial charge on any atom is 0.243 e. The third-order valence-corrected chi connectivity index (χ3v) is 6.56. The van der Waals surface area contributed by atoms with Crippen LogP contribution in [-0.4, -0.2) is 39.0 Å². The molecule has 0 saturated carbocycles. The van der Waals surface area contributed by atoms with E-state index < -0.39 is 10.0 Å². The molecular weight excluding hydrogens is 374 g/mol. The highest BCUT2D eigenvalue weighted by Gasteiger charge is 2.32. The number of halogens is 1. The molecule has 4 rings (SSSR count). The van der Waals surface area contributed by atoms with Gasteiger partial charge in [-0.3, -0.25) is 0 Å². The third kappa shape index (κ3) is 3.40. The predicted molar refractivity (Wildman–Crippen MR) is 103 cm³/mol. The van der Waals surface area contributed by atoms with Gasteiger partial charge in [-0.1, -0.05) is 18.2 Å². The van der Waals surface area contributed by atoms with E-state index in [9.17, 15) is 8.42 Å². The van der Waals surface area contributed by atoms with Crippen molar-refractivity contribution < 1.29 is 13.2 Å². The van der Waals surface area contributed by atoms with Crippen LogP contribution >= 0.6 is 12.4 Å². The number of rotatable bonds is 5. The number of fused-ring (bicyclic) bond motifs is 1. The largest absolute Gasteiger partial charge is 0.497 e. The number of hydrogen-bond donors (Lipinski definition) is 2. The van der Waals surface area contributed by atoms with Crippen molar-refractivity contribution in [1.29, 1.82) is 0 Å². The molecule has 0 spiro atoms. The third-order valence-electron chi connectivity index (χ3n) is 4.77. The number of nitrogens with zero attached hydrogens (tertiary/aromatic N) is 1. The lowest BCUT2D eigenvalue weighted by Crippen LogP contribution is -2.51. The van der Waals surface area contributed by atoms with Crippen molar-refractivity contribution in [3.8, 4) is 5.75 Å². The fourth-order valence-corrected chi connectivity index (χ4v) is 4.64. The molecule has 26 heavy (non-hydrogen) atoms. The molecule has 6 nitrogen and oxygen atoms in total. The van der Waals surface area contributed by atoms with Gasteiger partial charge in [0.05, 0.1) is 18.0 Å². The number of methoxy groups -OCH3 is 1. The Morgan fingerprint density at radius 1 is 1.15 bits per heavy atom. The van der Waals surface area contributed by atoms with Crippen LogP contribution in [0.25, 0.3) is 0 Å². The van der Waals surface area contributed by atoms with Crippen LogP contribution in [0.2, 0.25) is 0 Å². The summed E-state index contributed by atoms with van der Waals surface area (Å²) in [4.78, 5) is 0.261. The molecule has 0 aliphatic carbocycles. The molecule has 2 aliphatic rings. The summed E-state index contributed by atoms with van der Waals surface area (Å²) < 4.78 is 32.7. The van der Waals surface area contributed by atoms with E-state index in [1.54, 1.807) is 24.3 Å². The van der Waals surface area contributed by atoms with Gasteiger partial charge >= 0.3 is 0 Å². The molecule has 2 aromatic carbocycles. The van der Waals surface area contributed by atoms with Gasteiger partial charge in [0.25, 0.3) is 0 Å². The minimum atomic E-state index is -3.56. The predicted octanol–water partition coefficient (Wildman–Crippen LogP) is 2.21. The average molecular weight is 396 g/mol. The first-order valence-corrected chi connectivity index (χ1v) is 9.74.